The first-order chi connectivity index (χ1) is 13.0. The Kier molecular flexibility index (Phi) is 6.63. The molecule has 0 radical (unpaired) electrons. The van der Waals surface area contributed by atoms with Crippen LogP contribution in [-0.4, -0.2) is 54.2 Å². The van der Waals surface area contributed by atoms with E-state index in [2.05, 4.69) is 36.0 Å². The van der Waals surface area contributed by atoms with Crippen LogP contribution in [0.15, 0.2) is 34.9 Å². The van der Waals surface area contributed by atoms with E-state index < -0.39 is 0 Å². The second-order valence-corrected chi connectivity index (χ2v) is 7.35. The first kappa shape index (κ1) is 19.6. The van der Waals surface area contributed by atoms with Crippen molar-refractivity contribution in [2.45, 2.75) is 45.8 Å². The van der Waals surface area contributed by atoms with Gasteiger partial charge in [-0.15, -0.1) is 0 Å². The van der Waals surface area contributed by atoms with Crippen LogP contribution in [0.3, 0.4) is 0 Å². The Balaban J connectivity index is 1.39. The van der Waals surface area contributed by atoms with Crippen LogP contribution in [0.2, 0.25) is 0 Å². The topological polar surface area (TPSA) is 67.6 Å². The van der Waals surface area contributed by atoms with Gasteiger partial charge in [0.25, 0.3) is 0 Å². The first-order valence-corrected chi connectivity index (χ1v) is 9.66. The molecule has 6 nitrogen and oxygen atoms in total. The number of aromatic nitrogens is 1. The van der Waals surface area contributed by atoms with Crippen molar-refractivity contribution in [3.63, 3.8) is 0 Å². The molecule has 2 unspecified atom stereocenters. The van der Waals surface area contributed by atoms with Gasteiger partial charge >= 0.3 is 0 Å². The van der Waals surface area contributed by atoms with Crippen LogP contribution in [0.4, 0.5) is 0 Å². The van der Waals surface area contributed by atoms with E-state index in [1.165, 1.54) is 5.56 Å². The SMILES string of the molecule is Cc1ccc(-c2cnc(CCC(=O)NCCN3CC(C)OC(C)C3)o2)cc1. The molecule has 1 amide bonds. The zero-order valence-corrected chi connectivity index (χ0v) is 16.4. The highest BCUT2D eigenvalue weighted by molar-refractivity contribution is 5.76. The van der Waals surface area contributed by atoms with Crippen LogP contribution in [0.5, 0.6) is 0 Å². The largest absolute Gasteiger partial charge is 0.441 e. The lowest BCUT2D eigenvalue weighted by molar-refractivity contribution is -0.121. The molecule has 1 saturated heterocycles. The van der Waals surface area contributed by atoms with Gasteiger partial charge < -0.3 is 14.5 Å². The number of carbonyl (C=O) groups excluding carboxylic acids is 1. The molecule has 1 aliphatic heterocycles. The Morgan fingerprint density at radius 2 is 1.93 bits per heavy atom. The average Bonchev–Trinajstić information content (AvgIpc) is 3.09. The molecule has 2 aromatic rings. The summed E-state index contributed by atoms with van der Waals surface area (Å²) in [5.41, 5.74) is 2.20. The highest BCUT2D eigenvalue weighted by Gasteiger charge is 2.21. The summed E-state index contributed by atoms with van der Waals surface area (Å²) in [4.78, 5) is 18.7. The van der Waals surface area contributed by atoms with E-state index in [-0.39, 0.29) is 18.1 Å². The van der Waals surface area contributed by atoms with Crippen LogP contribution in [0, 0.1) is 6.92 Å². The number of nitrogens with one attached hydrogen (secondary N) is 1. The molecular formula is C21H29N3O3. The Labute approximate surface area is 160 Å². The third-order valence-corrected chi connectivity index (χ3v) is 4.70. The lowest BCUT2D eigenvalue weighted by Crippen LogP contribution is -2.47. The van der Waals surface area contributed by atoms with Crippen LogP contribution < -0.4 is 5.32 Å². The summed E-state index contributed by atoms with van der Waals surface area (Å²) in [7, 11) is 0. The summed E-state index contributed by atoms with van der Waals surface area (Å²) >= 11 is 0. The third kappa shape index (κ3) is 5.91. The standard InChI is InChI=1S/C21H29N3O3/c1-15-4-6-18(7-5-15)19-12-23-21(27-19)9-8-20(25)22-10-11-24-13-16(2)26-17(3)14-24/h4-7,12,16-17H,8-11,13-14H2,1-3H3,(H,22,25). The summed E-state index contributed by atoms with van der Waals surface area (Å²) in [6.07, 6.45) is 3.10. The highest BCUT2D eigenvalue weighted by Crippen LogP contribution is 2.21. The summed E-state index contributed by atoms with van der Waals surface area (Å²) in [6, 6.07) is 8.11. The molecule has 0 spiro atoms. The maximum absolute atomic E-state index is 12.1. The fraction of sp³-hybridized carbons (Fsp3) is 0.524. The number of hydrogen-bond acceptors (Lipinski definition) is 5. The summed E-state index contributed by atoms with van der Waals surface area (Å²) in [5, 5.41) is 2.98. The van der Waals surface area contributed by atoms with Crippen LogP contribution >= 0.6 is 0 Å². The monoisotopic (exact) mass is 371 g/mol. The Bertz CT molecular complexity index is 731. The molecule has 1 aliphatic rings. The van der Waals surface area contributed by atoms with Crippen LogP contribution in [0.25, 0.3) is 11.3 Å². The van der Waals surface area contributed by atoms with E-state index in [4.69, 9.17) is 9.15 Å². The number of ether oxygens (including phenoxy) is 1. The van der Waals surface area contributed by atoms with Crippen molar-refractivity contribution >= 4 is 5.91 Å². The molecule has 146 valence electrons. The zero-order valence-electron chi connectivity index (χ0n) is 16.4. The zero-order chi connectivity index (χ0) is 19.2. The summed E-state index contributed by atoms with van der Waals surface area (Å²) in [5.74, 6) is 1.36. The molecule has 0 bridgehead atoms. The fourth-order valence-electron chi connectivity index (χ4n) is 3.41. The molecular weight excluding hydrogens is 342 g/mol. The third-order valence-electron chi connectivity index (χ3n) is 4.70. The van der Waals surface area contributed by atoms with E-state index in [1.54, 1.807) is 6.20 Å². The van der Waals surface area contributed by atoms with Gasteiger partial charge in [-0.05, 0) is 20.8 Å². The van der Waals surface area contributed by atoms with Gasteiger partial charge in [-0.25, -0.2) is 4.98 Å². The van der Waals surface area contributed by atoms with E-state index >= 15 is 0 Å². The summed E-state index contributed by atoms with van der Waals surface area (Å²) in [6.45, 7) is 9.55. The lowest BCUT2D eigenvalue weighted by atomic mass is 10.1. The second kappa shape index (κ2) is 9.15. The molecule has 1 fully saturated rings. The van der Waals surface area contributed by atoms with Gasteiger partial charge in [0, 0.05) is 44.6 Å². The number of benzene rings is 1. The van der Waals surface area contributed by atoms with Crippen LogP contribution in [-0.2, 0) is 16.0 Å². The van der Waals surface area contributed by atoms with Crippen molar-refractivity contribution in [1.82, 2.24) is 15.2 Å². The Hall–Kier alpha value is -2.18. The van der Waals surface area contributed by atoms with E-state index in [0.29, 0.717) is 25.3 Å². The molecule has 0 saturated carbocycles. The molecule has 1 aromatic carbocycles. The van der Waals surface area contributed by atoms with Gasteiger partial charge in [0.2, 0.25) is 5.91 Å². The quantitative estimate of drug-likeness (QED) is 0.811. The number of carbonyl (C=O) groups is 1. The minimum absolute atomic E-state index is 0.0273. The maximum Gasteiger partial charge on any atom is 0.220 e. The van der Waals surface area contributed by atoms with Crippen LogP contribution in [0.1, 0.15) is 31.7 Å². The van der Waals surface area contributed by atoms with Crippen molar-refractivity contribution in [1.29, 1.82) is 0 Å². The number of aryl methyl sites for hydroxylation is 2. The van der Waals surface area contributed by atoms with Gasteiger partial charge in [-0.3, -0.25) is 9.69 Å². The highest BCUT2D eigenvalue weighted by atomic mass is 16.5. The van der Waals surface area contributed by atoms with Crippen molar-refractivity contribution in [3.05, 3.63) is 41.9 Å². The maximum atomic E-state index is 12.1. The first-order valence-electron chi connectivity index (χ1n) is 9.66. The fourth-order valence-corrected chi connectivity index (χ4v) is 3.41. The average molecular weight is 371 g/mol. The predicted octanol–water partition coefficient (Wildman–Crippen LogP) is 2.81. The van der Waals surface area contributed by atoms with Crippen molar-refractivity contribution in [3.8, 4) is 11.3 Å². The normalized spacial score (nSPS) is 20.6. The van der Waals surface area contributed by atoms with Crippen molar-refractivity contribution in [2.75, 3.05) is 26.2 Å². The summed E-state index contributed by atoms with van der Waals surface area (Å²) < 4.78 is 11.5. The number of morpholine rings is 1. The van der Waals surface area contributed by atoms with Gasteiger partial charge in [-0.2, -0.15) is 0 Å². The Morgan fingerprint density at radius 3 is 2.63 bits per heavy atom. The van der Waals surface area contributed by atoms with Gasteiger partial charge in [0.1, 0.15) is 0 Å². The van der Waals surface area contributed by atoms with Gasteiger partial charge in [0.05, 0.1) is 18.4 Å². The molecule has 27 heavy (non-hydrogen) atoms. The molecule has 0 aliphatic carbocycles. The number of rotatable bonds is 7. The minimum atomic E-state index is 0.0273. The molecule has 2 heterocycles. The van der Waals surface area contributed by atoms with Gasteiger partial charge in [-0.1, -0.05) is 29.8 Å². The second-order valence-electron chi connectivity index (χ2n) is 7.35. The van der Waals surface area contributed by atoms with E-state index in [1.807, 2.05) is 24.3 Å². The van der Waals surface area contributed by atoms with Crippen molar-refractivity contribution < 1.29 is 13.9 Å². The Morgan fingerprint density at radius 1 is 1.22 bits per heavy atom. The number of nitrogens with zero attached hydrogens (tertiary/aromatic N) is 2. The number of hydrogen-bond donors (Lipinski definition) is 1. The molecule has 3 rings (SSSR count). The number of oxazole rings is 1. The molecule has 1 N–H and O–H groups in total. The lowest BCUT2D eigenvalue weighted by Gasteiger charge is -2.35. The molecule has 2 atom stereocenters. The van der Waals surface area contributed by atoms with Crippen molar-refractivity contribution in [2.24, 2.45) is 0 Å². The molecule has 6 heteroatoms. The predicted molar refractivity (Wildman–Crippen MR) is 104 cm³/mol. The molecule has 1 aromatic heterocycles. The smallest absolute Gasteiger partial charge is 0.220 e. The van der Waals surface area contributed by atoms with E-state index in [9.17, 15) is 4.79 Å². The van der Waals surface area contributed by atoms with E-state index in [0.717, 1.165) is 31.0 Å². The minimum Gasteiger partial charge on any atom is -0.441 e. The number of amides is 1. The van der Waals surface area contributed by atoms with Gasteiger partial charge in [0.15, 0.2) is 11.7 Å².